The van der Waals surface area contributed by atoms with Crippen LogP contribution in [0.4, 0.5) is 17.6 Å². The summed E-state index contributed by atoms with van der Waals surface area (Å²) in [5, 5.41) is 13.1. The summed E-state index contributed by atoms with van der Waals surface area (Å²) >= 11 is 0. The Labute approximate surface area is 136 Å². The van der Waals surface area contributed by atoms with Gasteiger partial charge in [-0.1, -0.05) is 30.3 Å². The highest BCUT2D eigenvalue weighted by atomic mass is 16.3. The largest absolute Gasteiger partial charge is 0.393 e. The van der Waals surface area contributed by atoms with Crippen molar-refractivity contribution in [2.45, 2.75) is 31.4 Å². The third-order valence-corrected chi connectivity index (χ3v) is 4.28. The number of aliphatic hydroxyl groups excluding tert-OH is 1. The van der Waals surface area contributed by atoms with Crippen LogP contribution in [0.1, 0.15) is 18.4 Å². The molecule has 0 bridgehead atoms. The predicted molar refractivity (Wildman–Crippen MR) is 92.5 cm³/mol. The van der Waals surface area contributed by atoms with E-state index in [0.717, 1.165) is 31.6 Å². The molecule has 0 radical (unpaired) electrons. The van der Waals surface area contributed by atoms with Crippen LogP contribution in [0.2, 0.25) is 0 Å². The molecule has 0 spiro atoms. The molecule has 3 rings (SSSR count). The van der Waals surface area contributed by atoms with Gasteiger partial charge in [0.1, 0.15) is 11.6 Å². The van der Waals surface area contributed by atoms with Gasteiger partial charge in [0.25, 0.3) is 0 Å². The van der Waals surface area contributed by atoms with Crippen LogP contribution in [-0.2, 0) is 6.42 Å². The zero-order valence-electron chi connectivity index (χ0n) is 13.3. The standard InChI is InChI=1S/C17H23N5O/c1-19-15-11-16(21-17(18)20-15)22-8-7-14(23)10-13(22)9-12-5-3-2-4-6-12/h2-6,11,13-14,23H,7-10H2,1H3,(H3,18,19,20,21). The lowest BCUT2D eigenvalue weighted by molar-refractivity contribution is 0.128. The molecule has 1 aliphatic heterocycles. The van der Waals surface area contributed by atoms with E-state index in [-0.39, 0.29) is 18.1 Å². The summed E-state index contributed by atoms with van der Waals surface area (Å²) in [4.78, 5) is 10.8. The molecule has 1 fully saturated rings. The fraction of sp³-hybridized carbons (Fsp3) is 0.412. The minimum atomic E-state index is -0.261. The number of rotatable bonds is 4. The first-order valence-electron chi connectivity index (χ1n) is 7.96. The molecule has 1 aromatic heterocycles. The molecule has 2 unspecified atom stereocenters. The normalized spacial score (nSPS) is 21.2. The Morgan fingerprint density at radius 1 is 1.30 bits per heavy atom. The molecule has 23 heavy (non-hydrogen) atoms. The number of piperidine rings is 1. The van der Waals surface area contributed by atoms with Crippen molar-refractivity contribution in [1.82, 2.24) is 9.97 Å². The van der Waals surface area contributed by atoms with E-state index in [9.17, 15) is 5.11 Å². The molecule has 1 aliphatic rings. The van der Waals surface area contributed by atoms with Crippen LogP contribution in [-0.4, -0.2) is 40.8 Å². The van der Waals surface area contributed by atoms with E-state index in [4.69, 9.17) is 5.73 Å². The van der Waals surface area contributed by atoms with E-state index >= 15 is 0 Å². The molecule has 0 aliphatic carbocycles. The Kier molecular flexibility index (Phi) is 4.62. The van der Waals surface area contributed by atoms with Crippen molar-refractivity contribution in [3.63, 3.8) is 0 Å². The molecule has 6 nitrogen and oxygen atoms in total. The number of nitrogens with one attached hydrogen (secondary N) is 1. The van der Waals surface area contributed by atoms with E-state index in [2.05, 4.69) is 32.3 Å². The van der Waals surface area contributed by atoms with Gasteiger partial charge in [-0.2, -0.15) is 9.97 Å². The monoisotopic (exact) mass is 313 g/mol. The van der Waals surface area contributed by atoms with Gasteiger partial charge < -0.3 is 21.1 Å². The van der Waals surface area contributed by atoms with Gasteiger partial charge >= 0.3 is 0 Å². The number of hydrogen-bond acceptors (Lipinski definition) is 6. The molecule has 2 atom stereocenters. The third kappa shape index (κ3) is 3.71. The quantitative estimate of drug-likeness (QED) is 0.796. The summed E-state index contributed by atoms with van der Waals surface area (Å²) in [6.07, 6.45) is 2.08. The van der Waals surface area contributed by atoms with E-state index in [1.54, 1.807) is 0 Å². The molecule has 1 saturated heterocycles. The van der Waals surface area contributed by atoms with Crippen LogP contribution in [0.25, 0.3) is 0 Å². The summed E-state index contributed by atoms with van der Waals surface area (Å²) in [5.74, 6) is 1.78. The molecule has 122 valence electrons. The molecule has 4 N–H and O–H groups in total. The maximum Gasteiger partial charge on any atom is 0.223 e. The first-order chi connectivity index (χ1) is 11.2. The molecule has 0 saturated carbocycles. The van der Waals surface area contributed by atoms with Gasteiger partial charge in [0, 0.05) is 25.7 Å². The second kappa shape index (κ2) is 6.83. The first-order valence-corrected chi connectivity index (χ1v) is 7.96. The van der Waals surface area contributed by atoms with Gasteiger partial charge in [0.2, 0.25) is 5.95 Å². The maximum atomic E-state index is 10.1. The highest BCUT2D eigenvalue weighted by molar-refractivity contribution is 5.53. The van der Waals surface area contributed by atoms with Crippen molar-refractivity contribution in [1.29, 1.82) is 0 Å². The molecular formula is C17H23N5O. The molecule has 2 aromatic rings. The Hall–Kier alpha value is -2.34. The summed E-state index contributed by atoms with van der Waals surface area (Å²) in [6.45, 7) is 0.762. The fourth-order valence-electron chi connectivity index (χ4n) is 3.14. The minimum absolute atomic E-state index is 0.195. The van der Waals surface area contributed by atoms with E-state index in [1.807, 2.05) is 31.3 Å². The smallest absolute Gasteiger partial charge is 0.223 e. The number of benzene rings is 1. The lowest BCUT2D eigenvalue weighted by atomic mass is 9.94. The van der Waals surface area contributed by atoms with Gasteiger partial charge in [-0.25, -0.2) is 0 Å². The van der Waals surface area contributed by atoms with E-state index in [1.165, 1.54) is 5.56 Å². The van der Waals surface area contributed by atoms with Gasteiger partial charge in [-0.3, -0.25) is 0 Å². The number of hydrogen-bond donors (Lipinski definition) is 3. The Balaban J connectivity index is 1.87. The van der Waals surface area contributed by atoms with Crippen molar-refractivity contribution < 1.29 is 5.11 Å². The van der Waals surface area contributed by atoms with Crippen molar-refractivity contribution >= 4 is 17.6 Å². The number of aliphatic hydroxyl groups is 1. The van der Waals surface area contributed by atoms with E-state index in [0.29, 0.717) is 5.82 Å². The molecule has 6 heteroatoms. The van der Waals surface area contributed by atoms with Crippen molar-refractivity contribution in [3.8, 4) is 0 Å². The molecule has 2 heterocycles. The number of aromatic nitrogens is 2. The topological polar surface area (TPSA) is 87.3 Å². The highest BCUT2D eigenvalue weighted by Crippen LogP contribution is 2.27. The second-order valence-corrected chi connectivity index (χ2v) is 5.93. The zero-order valence-corrected chi connectivity index (χ0v) is 13.3. The lowest BCUT2D eigenvalue weighted by Crippen LogP contribution is -2.46. The van der Waals surface area contributed by atoms with Crippen LogP contribution in [0.5, 0.6) is 0 Å². The molecule has 1 aromatic carbocycles. The third-order valence-electron chi connectivity index (χ3n) is 4.28. The van der Waals surface area contributed by atoms with Crippen molar-refractivity contribution in [2.75, 3.05) is 29.5 Å². The summed E-state index contributed by atoms with van der Waals surface area (Å²) in [7, 11) is 1.81. The lowest BCUT2D eigenvalue weighted by Gasteiger charge is -2.39. The molecular weight excluding hydrogens is 290 g/mol. The number of anilines is 3. The number of nitrogens with two attached hydrogens (primary N) is 1. The van der Waals surface area contributed by atoms with Gasteiger partial charge in [-0.15, -0.1) is 0 Å². The number of nitrogens with zero attached hydrogens (tertiary/aromatic N) is 3. The first kappa shape index (κ1) is 15.6. The Morgan fingerprint density at radius 2 is 2.09 bits per heavy atom. The van der Waals surface area contributed by atoms with Crippen molar-refractivity contribution in [3.05, 3.63) is 42.0 Å². The number of nitrogen functional groups attached to an aromatic ring is 1. The SMILES string of the molecule is CNc1cc(N2CCC(O)CC2Cc2ccccc2)nc(N)n1. The predicted octanol–water partition coefficient (Wildman–Crippen LogP) is 1.67. The van der Waals surface area contributed by atoms with Crippen LogP contribution < -0.4 is 16.0 Å². The van der Waals surface area contributed by atoms with Crippen LogP contribution >= 0.6 is 0 Å². The Morgan fingerprint density at radius 3 is 2.83 bits per heavy atom. The Bertz CT molecular complexity index is 649. The maximum absolute atomic E-state index is 10.1. The van der Waals surface area contributed by atoms with Crippen LogP contribution in [0.3, 0.4) is 0 Å². The van der Waals surface area contributed by atoms with Gasteiger partial charge in [0.15, 0.2) is 0 Å². The van der Waals surface area contributed by atoms with Crippen LogP contribution in [0.15, 0.2) is 36.4 Å². The summed E-state index contributed by atoms with van der Waals surface area (Å²) in [6, 6.07) is 12.4. The minimum Gasteiger partial charge on any atom is -0.393 e. The second-order valence-electron chi connectivity index (χ2n) is 5.93. The fourth-order valence-corrected chi connectivity index (χ4v) is 3.14. The van der Waals surface area contributed by atoms with Gasteiger partial charge in [0.05, 0.1) is 6.10 Å². The molecule has 0 amide bonds. The zero-order chi connectivity index (χ0) is 16.2. The van der Waals surface area contributed by atoms with Crippen molar-refractivity contribution in [2.24, 2.45) is 0 Å². The summed E-state index contributed by atoms with van der Waals surface area (Å²) in [5.41, 5.74) is 7.09. The average molecular weight is 313 g/mol. The van der Waals surface area contributed by atoms with Gasteiger partial charge in [-0.05, 0) is 24.8 Å². The highest BCUT2D eigenvalue weighted by Gasteiger charge is 2.29. The summed E-state index contributed by atoms with van der Waals surface area (Å²) < 4.78 is 0. The van der Waals surface area contributed by atoms with E-state index < -0.39 is 0 Å². The van der Waals surface area contributed by atoms with Crippen LogP contribution in [0, 0.1) is 0 Å². The average Bonchev–Trinajstić information content (AvgIpc) is 2.55.